The fourth-order valence-corrected chi connectivity index (χ4v) is 2.06. The minimum atomic E-state index is -0.244. The molecule has 3 nitrogen and oxygen atoms in total. The van der Waals surface area contributed by atoms with Gasteiger partial charge in [0.2, 0.25) is 0 Å². The Labute approximate surface area is 118 Å². The van der Waals surface area contributed by atoms with Crippen molar-refractivity contribution >= 4 is 39.1 Å². The summed E-state index contributed by atoms with van der Waals surface area (Å²) in [5.74, 6) is -0.244. The lowest BCUT2D eigenvalue weighted by Crippen LogP contribution is -2.12. The van der Waals surface area contributed by atoms with E-state index >= 15 is 0 Å². The third-order valence-corrected chi connectivity index (χ3v) is 3.15. The molecular weight excluding hydrogens is 316 g/mol. The van der Waals surface area contributed by atoms with E-state index < -0.39 is 0 Å². The van der Waals surface area contributed by atoms with Gasteiger partial charge in [-0.3, -0.25) is 9.78 Å². The molecule has 2 rings (SSSR count). The second kappa shape index (κ2) is 5.50. The van der Waals surface area contributed by atoms with E-state index in [1.54, 1.807) is 36.5 Å². The number of nitrogens with zero attached hydrogens (tertiary/aromatic N) is 1. The van der Waals surface area contributed by atoms with Gasteiger partial charge in [0, 0.05) is 22.1 Å². The first-order valence-electron chi connectivity index (χ1n) is 5.25. The Bertz CT molecular complexity index is 601. The number of benzene rings is 1. The van der Waals surface area contributed by atoms with Crippen LogP contribution < -0.4 is 5.32 Å². The summed E-state index contributed by atoms with van der Waals surface area (Å²) in [4.78, 5) is 16.1. The normalized spacial score (nSPS) is 10.2. The fourth-order valence-electron chi connectivity index (χ4n) is 1.49. The molecule has 0 aliphatic heterocycles. The van der Waals surface area contributed by atoms with E-state index in [2.05, 4.69) is 26.2 Å². The molecule has 0 aliphatic carbocycles. The molecular formula is C13H10BrClN2O. The Hall–Kier alpha value is -1.39. The molecule has 0 unspecified atom stereocenters. The van der Waals surface area contributed by atoms with Gasteiger partial charge >= 0.3 is 0 Å². The van der Waals surface area contributed by atoms with Gasteiger partial charge in [0.25, 0.3) is 5.91 Å². The van der Waals surface area contributed by atoms with Crippen molar-refractivity contribution in [3.63, 3.8) is 0 Å². The molecule has 0 fully saturated rings. The smallest absolute Gasteiger partial charge is 0.257 e. The van der Waals surface area contributed by atoms with Gasteiger partial charge in [-0.2, -0.15) is 0 Å². The molecule has 0 bridgehead atoms. The van der Waals surface area contributed by atoms with Crippen molar-refractivity contribution in [3.8, 4) is 0 Å². The lowest BCUT2D eigenvalue weighted by Gasteiger charge is -2.07. The number of carbonyl (C=O) groups excluding carboxylic acids is 1. The van der Waals surface area contributed by atoms with Crippen LogP contribution in [0.3, 0.4) is 0 Å². The number of pyridine rings is 1. The number of anilines is 1. The predicted molar refractivity (Wildman–Crippen MR) is 76.1 cm³/mol. The minimum Gasteiger partial charge on any atom is -0.322 e. The molecule has 1 aromatic carbocycles. The summed E-state index contributed by atoms with van der Waals surface area (Å²) < 4.78 is 0.808. The average molecular weight is 326 g/mol. The summed E-state index contributed by atoms with van der Waals surface area (Å²) in [5.41, 5.74) is 1.97. The maximum Gasteiger partial charge on any atom is 0.257 e. The van der Waals surface area contributed by atoms with E-state index in [1.165, 1.54) is 0 Å². The number of hydrogen-bond donors (Lipinski definition) is 1. The highest BCUT2D eigenvalue weighted by molar-refractivity contribution is 9.10. The highest BCUT2D eigenvalue weighted by Gasteiger charge is 2.11. The van der Waals surface area contributed by atoms with Gasteiger partial charge in [-0.15, -0.1) is 0 Å². The Kier molecular flexibility index (Phi) is 3.99. The first-order valence-corrected chi connectivity index (χ1v) is 6.42. The standard InChI is InChI=1S/C13H10BrClN2O/c1-8-6-10(4-5-16-8)17-13(18)11-7-9(14)2-3-12(11)15/h2-7H,1H3,(H,16,17,18). The molecule has 0 radical (unpaired) electrons. The largest absolute Gasteiger partial charge is 0.322 e. The molecule has 18 heavy (non-hydrogen) atoms. The van der Waals surface area contributed by atoms with E-state index in [0.29, 0.717) is 16.3 Å². The molecule has 92 valence electrons. The van der Waals surface area contributed by atoms with Crippen LogP contribution in [0.5, 0.6) is 0 Å². The SMILES string of the molecule is Cc1cc(NC(=O)c2cc(Br)ccc2Cl)ccn1. The summed E-state index contributed by atoms with van der Waals surface area (Å²) in [7, 11) is 0. The maximum absolute atomic E-state index is 12.1. The zero-order chi connectivity index (χ0) is 13.1. The van der Waals surface area contributed by atoms with E-state index in [4.69, 9.17) is 11.6 Å². The minimum absolute atomic E-state index is 0.244. The van der Waals surface area contributed by atoms with Crippen LogP contribution in [0, 0.1) is 6.92 Å². The zero-order valence-electron chi connectivity index (χ0n) is 9.58. The van der Waals surface area contributed by atoms with Crippen LogP contribution in [0.15, 0.2) is 41.0 Å². The zero-order valence-corrected chi connectivity index (χ0v) is 11.9. The number of hydrogen-bond acceptors (Lipinski definition) is 2. The summed E-state index contributed by atoms with van der Waals surface area (Å²) in [6.45, 7) is 1.86. The van der Waals surface area contributed by atoms with Crippen molar-refractivity contribution in [1.29, 1.82) is 0 Å². The fraction of sp³-hybridized carbons (Fsp3) is 0.0769. The van der Waals surface area contributed by atoms with Crippen molar-refractivity contribution in [1.82, 2.24) is 4.98 Å². The van der Waals surface area contributed by atoms with Crippen molar-refractivity contribution in [3.05, 3.63) is 57.3 Å². The van der Waals surface area contributed by atoms with E-state index in [0.717, 1.165) is 10.2 Å². The first-order chi connectivity index (χ1) is 8.56. The Balaban J connectivity index is 2.24. The van der Waals surface area contributed by atoms with Crippen molar-refractivity contribution in [2.24, 2.45) is 0 Å². The number of carbonyl (C=O) groups is 1. The van der Waals surface area contributed by atoms with Crippen LogP contribution >= 0.6 is 27.5 Å². The molecule has 1 N–H and O–H groups in total. The van der Waals surface area contributed by atoms with Crippen molar-refractivity contribution in [2.75, 3.05) is 5.32 Å². The maximum atomic E-state index is 12.1. The number of halogens is 2. The van der Waals surface area contributed by atoms with Gasteiger partial charge in [0.05, 0.1) is 10.6 Å². The topological polar surface area (TPSA) is 42.0 Å². The molecule has 5 heteroatoms. The molecule has 1 amide bonds. The molecule has 0 atom stereocenters. The second-order valence-corrected chi connectivity index (χ2v) is 5.09. The van der Waals surface area contributed by atoms with Gasteiger partial charge in [-0.25, -0.2) is 0 Å². The van der Waals surface area contributed by atoms with E-state index in [-0.39, 0.29) is 5.91 Å². The number of rotatable bonds is 2. The number of amides is 1. The van der Waals surface area contributed by atoms with Crippen molar-refractivity contribution in [2.45, 2.75) is 6.92 Å². The lowest BCUT2D eigenvalue weighted by molar-refractivity contribution is 0.102. The molecule has 0 saturated carbocycles. The lowest BCUT2D eigenvalue weighted by atomic mass is 10.2. The van der Waals surface area contributed by atoms with Crippen LogP contribution in [0.2, 0.25) is 5.02 Å². The van der Waals surface area contributed by atoms with E-state index in [9.17, 15) is 4.79 Å². The number of aryl methyl sites for hydroxylation is 1. The van der Waals surface area contributed by atoms with Crippen LogP contribution in [0.4, 0.5) is 5.69 Å². The summed E-state index contributed by atoms with van der Waals surface area (Å²) in [6, 6.07) is 8.68. The Morgan fingerprint density at radius 1 is 1.33 bits per heavy atom. The van der Waals surface area contributed by atoms with Gasteiger partial charge in [-0.05, 0) is 37.3 Å². The monoisotopic (exact) mass is 324 g/mol. The first kappa shape index (κ1) is 13.1. The number of nitrogens with one attached hydrogen (secondary N) is 1. The van der Waals surface area contributed by atoms with E-state index in [1.807, 2.05) is 6.92 Å². The summed E-state index contributed by atoms with van der Waals surface area (Å²) in [6.07, 6.45) is 1.65. The molecule has 2 aromatic rings. The average Bonchev–Trinajstić information content (AvgIpc) is 2.32. The third kappa shape index (κ3) is 3.09. The van der Waals surface area contributed by atoms with Gasteiger partial charge < -0.3 is 5.32 Å². The molecule has 0 saturated heterocycles. The van der Waals surface area contributed by atoms with Crippen LogP contribution in [-0.4, -0.2) is 10.9 Å². The van der Waals surface area contributed by atoms with Crippen LogP contribution in [0.1, 0.15) is 16.1 Å². The third-order valence-electron chi connectivity index (χ3n) is 2.33. The highest BCUT2D eigenvalue weighted by atomic mass is 79.9. The van der Waals surface area contributed by atoms with Crippen LogP contribution in [0.25, 0.3) is 0 Å². The molecule has 1 aromatic heterocycles. The number of aromatic nitrogens is 1. The molecule has 0 aliphatic rings. The van der Waals surface area contributed by atoms with Crippen molar-refractivity contribution < 1.29 is 4.79 Å². The van der Waals surface area contributed by atoms with Crippen LogP contribution in [-0.2, 0) is 0 Å². The highest BCUT2D eigenvalue weighted by Crippen LogP contribution is 2.22. The summed E-state index contributed by atoms with van der Waals surface area (Å²) in [5, 5.41) is 3.20. The molecule has 0 spiro atoms. The summed E-state index contributed by atoms with van der Waals surface area (Å²) >= 11 is 9.31. The predicted octanol–water partition coefficient (Wildman–Crippen LogP) is 4.06. The Morgan fingerprint density at radius 3 is 2.83 bits per heavy atom. The van der Waals surface area contributed by atoms with Gasteiger partial charge in [-0.1, -0.05) is 27.5 Å². The Morgan fingerprint density at radius 2 is 2.11 bits per heavy atom. The quantitative estimate of drug-likeness (QED) is 0.905. The van der Waals surface area contributed by atoms with Gasteiger partial charge in [0.1, 0.15) is 0 Å². The molecule has 1 heterocycles. The second-order valence-electron chi connectivity index (χ2n) is 3.76. The van der Waals surface area contributed by atoms with Gasteiger partial charge in [0.15, 0.2) is 0 Å².